The molecule has 0 radical (unpaired) electrons. The molecule has 0 fully saturated rings. The highest BCUT2D eigenvalue weighted by atomic mass is 16.6. The molecule has 0 heterocycles. The van der Waals surface area contributed by atoms with Crippen LogP contribution >= 0.6 is 0 Å². The first-order valence-electron chi connectivity index (χ1n) is 6.51. The van der Waals surface area contributed by atoms with Crippen molar-refractivity contribution in [2.75, 3.05) is 20.3 Å². The van der Waals surface area contributed by atoms with Gasteiger partial charge in [0.2, 0.25) is 0 Å². The Hall–Kier alpha value is -2.50. The smallest absolute Gasteiger partial charge is 0.332 e. The third-order valence-electron chi connectivity index (χ3n) is 2.33. The molecular formula is C15H20N2O4. The van der Waals surface area contributed by atoms with Gasteiger partial charge in [-0.05, 0) is 36.8 Å². The Kier molecular flexibility index (Phi) is 7.42. The Labute approximate surface area is 124 Å². The SMILES string of the molecule is CON=Cc1ccc(OCCCOC(=O)C=C(C)N)cc1. The number of nitrogens with two attached hydrogens (primary N) is 1. The normalized spacial score (nSPS) is 11.4. The number of rotatable bonds is 8. The molecule has 114 valence electrons. The van der Waals surface area contributed by atoms with Crippen molar-refractivity contribution in [3.63, 3.8) is 0 Å². The Morgan fingerprint density at radius 3 is 2.62 bits per heavy atom. The van der Waals surface area contributed by atoms with Crippen LogP contribution in [0.2, 0.25) is 0 Å². The minimum Gasteiger partial charge on any atom is -0.493 e. The fraction of sp³-hybridized carbons (Fsp3) is 0.333. The summed E-state index contributed by atoms with van der Waals surface area (Å²) in [6.07, 6.45) is 3.47. The quantitative estimate of drug-likeness (QED) is 0.260. The van der Waals surface area contributed by atoms with Crippen LogP contribution in [0.1, 0.15) is 18.9 Å². The van der Waals surface area contributed by atoms with Crippen molar-refractivity contribution in [1.82, 2.24) is 0 Å². The molecule has 0 aliphatic heterocycles. The number of ether oxygens (including phenoxy) is 2. The highest BCUT2D eigenvalue weighted by Gasteiger charge is 1.99. The highest BCUT2D eigenvalue weighted by molar-refractivity contribution is 5.82. The summed E-state index contributed by atoms with van der Waals surface area (Å²) in [4.78, 5) is 15.8. The van der Waals surface area contributed by atoms with Gasteiger partial charge in [-0.15, -0.1) is 0 Å². The van der Waals surface area contributed by atoms with Crippen molar-refractivity contribution >= 4 is 12.2 Å². The van der Waals surface area contributed by atoms with Crippen LogP contribution in [0, 0.1) is 0 Å². The van der Waals surface area contributed by atoms with Crippen molar-refractivity contribution in [1.29, 1.82) is 0 Å². The third kappa shape index (κ3) is 7.61. The van der Waals surface area contributed by atoms with Gasteiger partial charge in [0.25, 0.3) is 0 Å². The molecule has 0 aromatic heterocycles. The van der Waals surface area contributed by atoms with E-state index in [1.807, 2.05) is 24.3 Å². The van der Waals surface area contributed by atoms with Crippen LogP contribution in [0.4, 0.5) is 0 Å². The molecular weight excluding hydrogens is 272 g/mol. The van der Waals surface area contributed by atoms with Crippen LogP contribution in [0.5, 0.6) is 5.75 Å². The van der Waals surface area contributed by atoms with Crippen LogP contribution in [-0.4, -0.2) is 32.5 Å². The zero-order chi connectivity index (χ0) is 15.5. The van der Waals surface area contributed by atoms with E-state index < -0.39 is 5.97 Å². The van der Waals surface area contributed by atoms with Gasteiger partial charge in [0.15, 0.2) is 0 Å². The maximum absolute atomic E-state index is 11.2. The fourth-order valence-corrected chi connectivity index (χ4v) is 1.41. The topological polar surface area (TPSA) is 83.1 Å². The standard InChI is InChI=1S/C15H20N2O4/c1-12(16)10-15(18)21-9-3-8-20-14-6-4-13(5-7-14)11-17-19-2/h4-7,10-11H,3,8-9,16H2,1-2H3. The molecule has 0 saturated heterocycles. The number of esters is 1. The first-order valence-corrected chi connectivity index (χ1v) is 6.51. The molecule has 0 unspecified atom stereocenters. The molecule has 6 nitrogen and oxygen atoms in total. The van der Waals surface area contributed by atoms with E-state index in [-0.39, 0.29) is 0 Å². The molecule has 21 heavy (non-hydrogen) atoms. The zero-order valence-electron chi connectivity index (χ0n) is 12.2. The van der Waals surface area contributed by atoms with Gasteiger partial charge in [-0.3, -0.25) is 0 Å². The summed E-state index contributed by atoms with van der Waals surface area (Å²) < 4.78 is 10.5. The van der Waals surface area contributed by atoms with Gasteiger partial charge in [0.05, 0.1) is 19.4 Å². The maximum atomic E-state index is 11.2. The van der Waals surface area contributed by atoms with Gasteiger partial charge >= 0.3 is 5.97 Å². The summed E-state index contributed by atoms with van der Waals surface area (Å²) in [5, 5.41) is 3.67. The fourth-order valence-electron chi connectivity index (χ4n) is 1.41. The minimum atomic E-state index is -0.434. The zero-order valence-corrected chi connectivity index (χ0v) is 12.2. The van der Waals surface area contributed by atoms with Gasteiger partial charge in [-0.2, -0.15) is 0 Å². The number of allylic oxidation sites excluding steroid dienone is 1. The highest BCUT2D eigenvalue weighted by Crippen LogP contribution is 2.11. The van der Waals surface area contributed by atoms with Crippen LogP contribution < -0.4 is 10.5 Å². The molecule has 1 rings (SSSR count). The van der Waals surface area contributed by atoms with Gasteiger partial charge in [-0.1, -0.05) is 5.16 Å². The Morgan fingerprint density at radius 1 is 1.29 bits per heavy atom. The Morgan fingerprint density at radius 2 is 2.00 bits per heavy atom. The summed E-state index contributed by atoms with van der Waals surface area (Å²) in [6.45, 7) is 2.39. The summed E-state index contributed by atoms with van der Waals surface area (Å²) in [5.41, 5.74) is 6.70. The predicted octanol–water partition coefficient (Wildman–Crippen LogP) is 1.84. The largest absolute Gasteiger partial charge is 0.493 e. The first-order chi connectivity index (χ1) is 10.1. The molecule has 2 N–H and O–H groups in total. The summed E-state index contributed by atoms with van der Waals surface area (Å²) >= 11 is 0. The Bertz CT molecular complexity index is 491. The second-order valence-electron chi connectivity index (χ2n) is 4.24. The molecule has 1 aromatic carbocycles. The molecule has 0 atom stereocenters. The third-order valence-corrected chi connectivity index (χ3v) is 2.33. The second-order valence-corrected chi connectivity index (χ2v) is 4.24. The van der Waals surface area contributed by atoms with Crippen LogP contribution in [-0.2, 0) is 14.4 Å². The molecule has 1 aromatic rings. The first kappa shape index (κ1) is 16.6. The van der Waals surface area contributed by atoms with Gasteiger partial charge in [-0.25, -0.2) is 4.79 Å². The van der Waals surface area contributed by atoms with Gasteiger partial charge in [0, 0.05) is 18.2 Å². The van der Waals surface area contributed by atoms with Gasteiger partial charge < -0.3 is 20.0 Å². The molecule has 0 bridgehead atoms. The van der Waals surface area contributed by atoms with Crippen molar-refractivity contribution in [3.8, 4) is 5.75 Å². The van der Waals surface area contributed by atoms with Crippen LogP contribution in [0.3, 0.4) is 0 Å². The number of benzene rings is 1. The molecule has 0 aliphatic carbocycles. The van der Waals surface area contributed by atoms with Crippen molar-refractivity contribution in [2.45, 2.75) is 13.3 Å². The second kappa shape index (κ2) is 9.41. The monoisotopic (exact) mass is 292 g/mol. The molecule has 0 saturated carbocycles. The summed E-state index contributed by atoms with van der Waals surface area (Å²) in [5.74, 6) is 0.311. The molecule has 0 spiro atoms. The number of nitrogens with zero attached hydrogens (tertiary/aromatic N) is 1. The van der Waals surface area contributed by atoms with E-state index in [1.165, 1.54) is 13.2 Å². The lowest BCUT2D eigenvalue weighted by Gasteiger charge is -2.06. The van der Waals surface area contributed by atoms with E-state index in [1.54, 1.807) is 13.1 Å². The Balaban J connectivity index is 2.22. The van der Waals surface area contributed by atoms with E-state index in [0.717, 1.165) is 11.3 Å². The lowest BCUT2D eigenvalue weighted by molar-refractivity contribution is -0.138. The number of carbonyl (C=O) groups is 1. The van der Waals surface area contributed by atoms with Crippen LogP contribution in [0.15, 0.2) is 41.2 Å². The maximum Gasteiger partial charge on any atom is 0.332 e. The van der Waals surface area contributed by atoms with E-state index in [4.69, 9.17) is 15.2 Å². The van der Waals surface area contributed by atoms with E-state index in [0.29, 0.717) is 25.3 Å². The molecule has 6 heteroatoms. The van der Waals surface area contributed by atoms with E-state index >= 15 is 0 Å². The lowest BCUT2D eigenvalue weighted by Crippen LogP contribution is -2.08. The average Bonchev–Trinajstić information content (AvgIpc) is 2.45. The number of hydrogen-bond acceptors (Lipinski definition) is 6. The lowest BCUT2D eigenvalue weighted by atomic mass is 10.2. The average molecular weight is 292 g/mol. The summed E-state index contributed by atoms with van der Waals surface area (Å²) in [6, 6.07) is 7.41. The molecule has 0 aliphatic rings. The minimum absolute atomic E-state index is 0.293. The van der Waals surface area contributed by atoms with Crippen molar-refractivity contribution in [3.05, 3.63) is 41.6 Å². The summed E-state index contributed by atoms with van der Waals surface area (Å²) in [7, 11) is 1.49. The number of hydrogen-bond donors (Lipinski definition) is 1. The number of oxime groups is 1. The van der Waals surface area contributed by atoms with Crippen molar-refractivity contribution in [2.24, 2.45) is 10.9 Å². The molecule has 0 amide bonds. The number of carbonyl (C=O) groups excluding carboxylic acids is 1. The van der Waals surface area contributed by atoms with Gasteiger partial charge in [0.1, 0.15) is 12.9 Å². The van der Waals surface area contributed by atoms with Crippen LogP contribution in [0.25, 0.3) is 0 Å². The van der Waals surface area contributed by atoms with E-state index in [9.17, 15) is 4.79 Å². The van der Waals surface area contributed by atoms with E-state index in [2.05, 4.69) is 9.99 Å². The van der Waals surface area contributed by atoms with Crippen molar-refractivity contribution < 1.29 is 19.1 Å². The predicted molar refractivity (Wildman–Crippen MR) is 80.1 cm³/mol.